The van der Waals surface area contributed by atoms with E-state index in [0.29, 0.717) is 0 Å². The number of aryl methyl sites for hydroxylation is 1. The van der Waals surface area contributed by atoms with Crippen LogP contribution in [-0.2, 0) is 6.54 Å². The number of aromatic nitrogens is 1. The Morgan fingerprint density at radius 1 is 0.840 bits per heavy atom. The van der Waals surface area contributed by atoms with Crippen molar-refractivity contribution in [1.82, 2.24) is 4.57 Å². The van der Waals surface area contributed by atoms with Crippen molar-refractivity contribution in [3.63, 3.8) is 0 Å². The lowest BCUT2D eigenvalue weighted by Crippen LogP contribution is -2.01. The lowest BCUT2D eigenvalue weighted by atomic mass is 10.1. The molecule has 0 saturated carbocycles. The molecular weight excluding hydrogens is 302 g/mol. The monoisotopic (exact) mass is 333 g/mol. The molecule has 0 saturated heterocycles. The second kappa shape index (κ2) is 10.4. The van der Waals surface area contributed by atoms with Gasteiger partial charge in [-0.05, 0) is 24.6 Å². The molecule has 0 atom stereocenters. The highest BCUT2D eigenvalue weighted by molar-refractivity contribution is 5.93. The van der Waals surface area contributed by atoms with Crippen molar-refractivity contribution in [1.29, 1.82) is 0 Å². The molecule has 3 aromatic rings. The maximum Gasteiger partial charge on any atom is 0.0494 e. The van der Waals surface area contributed by atoms with Crippen LogP contribution in [-0.4, -0.2) is 4.57 Å². The number of rotatable bonds is 4. The molecule has 1 heteroatoms. The lowest BCUT2D eigenvalue weighted by Gasteiger charge is -2.09. The van der Waals surface area contributed by atoms with E-state index in [1.54, 1.807) is 0 Å². The van der Waals surface area contributed by atoms with E-state index in [2.05, 4.69) is 73.2 Å². The molecule has 0 radical (unpaired) electrons. The minimum absolute atomic E-state index is 0.843. The van der Waals surface area contributed by atoms with E-state index in [4.69, 9.17) is 0 Å². The van der Waals surface area contributed by atoms with Crippen molar-refractivity contribution in [2.75, 3.05) is 0 Å². The van der Waals surface area contributed by atoms with Crippen LogP contribution in [0.2, 0.25) is 0 Å². The molecule has 0 fully saturated rings. The van der Waals surface area contributed by atoms with E-state index >= 15 is 0 Å². The van der Waals surface area contributed by atoms with Gasteiger partial charge >= 0.3 is 0 Å². The van der Waals surface area contributed by atoms with Gasteiger partial charge in [-0.1, -0.05) is 95.0 Å². The molecule has 0 bridgehead atoms. The average Bonchev–Trinajstić information content (AvgIpc) is 2.99. The summed E-state index contributed by atoms with van der Waals surface area (Å²) in [4.78, 5) is 0. The Morgan fingerprint density at radius 3 is 2.00 bits per heavy atom. The normalized spacial score (nSPS) is 9.48. The summed E-state index contributed by atoms with van der Waals surface area (Å²) in [6, 6.07) is 17.1. The molecule has 1 heterocycles. The number of hydrogen-bond donors (Lipinski definition) is 0. The first-order chi connectivity index (χ1) is 12.2. The second-order valence-corrected chi connectivity index (χ2v) is 5.30. The summed E-state index contributed by atoms with van der Waals surface area (Å²) >= 11 is 0. The molecule has 0 aliphatic carbocycles. The van der Waals surface area contributed by atoms with Gasteiger partial charge in [0.25, 0.3) is 0 Å². The van der Waals surface area contributed by atoms with Crippen LogP contribution in [0.1, 0.15) is 50.1 Å². The molecule has 25 heavy (non-hydrogen) atoms. The molecule has 0 N–H and O–H groups in total. The maximum absolute atomic E-state index is 3.98. The van der Waals surface area contributed by atoms with Crippen LogP contribution in [0.5, 0.6) is 0 Å². The Hall–Kier alpha value is -2.54. The third kappa shape index (κ3) is 4.51. The van der Waals surface area contributed by atoms with Crippen LogP contribution in [0.4, 0.5) is 0 Å². The Morgan fingerprint density at radius 2 is 1.44 bits per heavy atom. The first-order valence-corrected chi connectivity index (χ1v) is 9.16. The minimum Gasteiger partial charge on any atom is -0.336 e. The first-order valence-electron chi connectivity index (χ1n) is 9.16. The topological polar surface area (TPSA) is 4.93 Å². The third-order valence-electron chi connectivity index (χ3n) is 3.91. The van der Waals surface area contributed by atoms with Gasteiger partial charge < -0.3 is 4.57 Å². The van der Waals surface area contributed by atoms with Gasteiger partial charge in [0.2, 0.25) is 0 Å². The molecule has 3 rings (SSSR count). The average molecular weight is 334 g/mol. The van der Waals surface area contributed by atoms with Gasteiger partial charge in [0.15, 0.2) is 0 Å². The van der Waals surface area contributed by atoms with Crippen LogP contribution in [0.15, 0.2) is 61.7 Å². The predicted molar refractivity (Wildman–Crippen MR) is 115 cm³/mol. The lowest BCUT2D eigenvalue weighted by molar-refractivity contribution is 0.827. The Kier molecular flexibility index (Phi) is 8.49. The van der Waals surface area contributed by atoms with Gasteiger partial charge in [-0.25, -0.2) is 0 Å². The quantitative estimate of drug-likeness (QED) is 0.471. The van der Waals surface area contributed by atoms with Crippen molar-refractivity contribution in [2.24, 2.45) is 0 Å². The number of para-hydroxylation sites is 1. The van der Waals surface area contributed by atoms with Crippen molar-refractivity contribution >= 4 is 23.1 Å². The highest BCUT2D eigenvalue weighted by atomic mass is 15.0. The minimum atomic E-state index is 0.843. The molecule has 0 aliphatic heterocycles. The van der Waals surface area contributed by atoms with Gasteiger partial charge in [-0.2, -0.15) is 0 Å². The van der Waals surface area contributed by atoms with E-state index in [1.165, 1.54) is 22.0 Å². The van der Waals surface area contributed by atoms with E-state index < -0.39 is 0 Å². The molecule has 0 unspecified atom stereocenters. The van der Waals surface area contributed by atoms with Gasteiger partial charge in [0.1, 0.15) is 0 Å². The smallest absolute Gasteiger partial charge is 0.0494 e. The molecule has 2 aromatic carbocycles. The number of nitrogens with zero attached hydrogens (tertiary/aromatic N) is 1. The molecular formula is C24H31N. The van der Waals surface area contributed by atoms with Gasteiger partial charge in [-0.15, -0.1) is 0 Å². The van der Waals surface area contributed by atoms with Crippen molar-refractivity contribution in [2.45, 2.75) is 41.2 Å². The molecule has 0 spiro atoms. The Balaban J connectivity index is 0.000000730. The SMILES string of the molecule is C=Cc1c(C=C)n(Cc2ccc(C)cc2)c2ccccc12.CC.CC. The third-order valence-corrected chi connectivity index (χ3v) is 3.91. The summed E-state index contributed by atoms with van der Waals surface area (Å²) in [5.41, 5.74) is 6.09. The van der Waals surface area contributed by atoms with Gasteiger partial charge in [0.05, 0.1) is 0 Å². The maximum atomic E-state index is 3.98. The molecule has 132 valence electrons. The van der Waals surface area contributed by atoms with Crippen molar-refractivity contribution in [3.05, 3.63) is 84.1 Å². The van der Waals surface area contributed by atoms with Crippen molar-refractivity contribution < 1.29 is 0 Å². The summed E-state index contributed by atoms with van der Waals surface area (Å²) in [5.74, 6) is 0. The van der Waals surface area contributed by atoms with Gasteiger partial charge in [-0.3, -0.25) is 0 Å². The van der Waals surface area contributed by atoms with Crippen LogP contribution < -0.4 is 0 Å². The summed E-state index contributed by atoms with van der Waals surface area (Å²) in [7, 11) is 0. The first kappa shape index (κ1) is 20.5. The van der Waals surface area contributed by atoms with Crippen LogP contribution in [0, 0.1) is 6.92 Å². The van der Waals surface area contributed by atoms with Crippen LogP contribution >= 0.6 is 0 Å². The van der Waals surface area contributed by atoms with E-state index in [9.17, 15) is 0 Å². The molecule has 1 nitrogen and oxygen atoms in total. The second-order valence-electron chi connectivity index (χ2n) is 5.30. The molecule has 0 aliphatic rings. The van der Waals surface area contributed by atoms with E-state index in [1.807, 2.05) is 39.8 Å². The highest BCUT2D eigenvalue weighted by Crippen LogP contribution is 2.28. The summed E-state index contributed by atoms with van der Waals surface area (Å²) < 4.78 is 2.31. The summed E-state index contributed by atoms with van der Waals surface area (Å²) in [5, 5.41) is 1.23. The van der Waals surface area contributed by atoms with Crippen molar-refractivity contribution in [3.8, 4) is 0 Å². The fraction of sp³-hybridized carbons (Fsp3) is 0.250. The zero-order valence-corrected chi connectivity index (χ0v) is 16.3. The molecule has 0 amide bonds. The molecule has 1 aromatic heterocycles. The largest absolute Gasteiger partial charge is 0.336 e. The Labute approximate surface area is 153 Å². The van der Waals surface area contributed by atoms with Crippen LogP contribution in [0.3, 0.4) is 0 Å². The number of fused-ring (bicyclic) bond motifs is 1. The summed E-state index contributed by atoms with van der Waals surface area (Å²) in [6.45, 7) is 18.9. The number of hydrogen-bond acceptors (Lipinski definition) is 0. The number of benzene rings is 2. The van der Waals surface area contributed by atoms with Gasteiger partial charge in [0, 0.05) is 28.7 Å². The van der Waals surface area contributed by atoms with Crippen LogP contribution in [0.25, 0.3) is 23.1 Å². The zero-order valence-electron chi connectivity index (χ0n) is 16.3. The predicted octanol–water partition coefficient (Wildman–Crippen LogP) is 7.34. The van der Waals surface area contributed by atoms with E-state index in [0.717, 1.165) is 17.8 Å². The summed E-state index contributed by atoms with van der Waals surface area (Å²) in [6.07, 6.45) is 3.84. The highest BCUT2D eigenvalue weighted by Gasteiger charge is 2.12. The fourth-order valence-corrected chi connectivity index (χ4v) is 2.83. The standard InChI is InChI=1S/C20H19N.2C2H6/c1-4-17-18-8-6-7-9-20(18)21(19(17)5-2)14-16-12-10-15(3)11-13-16;2*1-2/h4-13H,1-2,14H2,3H3;2*1-2H3. The fourth-order valence-electron chi connectivity index (χ4n) is 2.83. The van der Waals surface area contributed by atoms with E-state index in [-0.39, 0.29) is 0 Å². The Bertz CT molecular complexity index is 804. The zero-order chi connectivity index (χ0) is 18.8.